The first-order chi connectivity index (χ1) is 15.2. The number of fused-ring (bicyclic) bond motifs is 1. The molecular weight excluding hydrogens is 433 g/mol. The van der Waals surface area contributed by atoms with Crippen molar-refractivity contribution in [2.45, 2.75) is 39.3 Å². The predicted molar refractivity (Wildman–Crippen MR) is 123 cm³/mol. The number of rotatable bonds is 6. The van der Waals surface area contributed by atoms with Gasteiger partial charge in [0.15, 0.2) is 12.1 Å². The lowest BCUT2D eigenvalue weighted by Gasteiger charge is -2.36. The number of nitrogens with zero attached hydrogens (tertiary/aromatic N) is 4. The minimum Gasteiger partial charge on any atom is -0.478 e. The van der Waals surface area contributed by atoms with E-state index in [4.69, 9.17) is 4.74 Å². The third-order valence-corrected chi connectivity index (χ3v) is 7.05. The van der Waals surface area contributed by atoms with Crippen LogP contribution in [0.2, 0.25) is 0 Å². The second-order valence-corrected chi connectivity index (χ2v) is 9.57. The molecule has 0 unspecified atom stereocenters. The number of pyridine rings is 2. The van der Waals surface area contributed by atoms with Crippen LogP contribution in [0.3, 0.4) is 0 Å². The van der Waals surface area contributed by atoms with Gasteiger partial charge < -0.3 is 10.1 Å². The number of hydrogen-bond donors (Lipinski definition) is 1. The summed E-state index contributed by atoms with van der Waals surface area (Å²) in [7, 11) is 1.39. The van der Waals surface area contributed by atoms with Crippen LogP contribution in [0.1, 0.15) is 44.1 Å². The summed E-state index contributed by atoms with van der Waals surface area (Å²) in [5.74, 6) is 1.47. The Morgan fingerprint density at radius 3 is 2.56 bits per heavy atom. The Kier molecular flexibility index (Phi) is 7.35. The summed E-state index contributed by atoms with van der Waals surface area (Å²) < 4.78 is 31.9. The van der Waals surface area contributed by atoms with E-state index in [2.05, 4.69) is 27.3 Å². The fraction of sp³-hybridized carbons (Fsp3) is 0.455. The van der Waals surface area contributed by atoms with Crippen LogP contribution in [0.4, 0.5) is 4.39 Å². The Morgan fingerprint density at radius 1 is 1.31 bits per heavy atom. The molecule has 10 heteroatoms. The first-order valence-electron chi connectivity index (χ1n) is 10.4. The summed E-state index contributed by atoms with van der Waals surface area (Å²) in [5.41, 5.74) is 2.51. The quantitative estimate of drug-likeness (QED) is 0.563. The van der Waals surface area contributed by atoms with Crippen molar-refractivity contribution in [1.82, 2.24) is 25.1 Å². The minimum atomic E-state index is -0.524. The molecule has 0 spiro atoms. The molecule has 0 saturated carbocycles. The summed E-state index contributed by atoms with van der Waals surface area (Å²) >= 11 is 0. The molecule has 8 nitrogen and oxygen atoms in total. The van der Waals surface area contributed by atoms with Gasteiger partial charge in [-0.3, -0.25) is 18.7 Å². The number of hydrogen-bond acceptors (Lipinski definition) is 7. The van der Waals surface area contributed by atoms with Crippen LogP contribution in [0.15, 0.2) is 24.5 Å². The largest absolute Gasteiger partial charge is 0.478 e. The number of ether oxygens (including phenoxy) is 1. The van der Waals surface area contributed by atoms with Gasteiger partial charge in [-0.2, -0.15) is 5.10 Å². The van der Waals surface area contributed by atoms with Crippen molar-refractivity contribution in [3.05, 3.63) is 35.9 Å². The number of halogens is 1. The summed E-state index contributed by atoms with van der Waals surface area (Å²) in [5, 5.41) is 7.63. The molecular formula is C22H28FN5O3S. The lowest BCUT2D eigenvalue weighted by atomic mass is 10.1. The number of aldehydes is 1. The highest BCUT2D eigenvalue weighted by Gasteiger charge is 2.36. The Labute approximate surface area is 189 Å². The van der Waals surface area contributed by atoms with E-state index in [9.17, 15) is 13.4 Å². The highest BCUT2D eigenvalue weighted by atomic mass is 32.2. The van der Waals surface area contributed by atoms with Gasteiger partial charge in [0, 0.05) is 57.3 Å². The highest BCUT2D eigenvalue weighted by molar-refractivity contribution is 7.86. The van der Waals surface area contributed by atoms with Gasteiger partial charge in [-0.15, -0.1) is 0 Å². The third kappa shape index (κ3) is 5.02. The first kappa shape index (κ1) is 23.9. The van der Waals surface area contributed by atoms with Crippen molar-refractivity contribution in [2.24, 2.45) is 0 Å². The molecule has 1 saturated heterocycles. The van der Waals surface area contributed by atoms with Crippen molar-refractivity contribution >= 4 is 28.1 Å². The van der Waals surface area contributed by atoms with E-state index in [-0.39, 0.29) is 17.1 Å². The molecule has 1 fully saturated rings. The average Bonchev–Trinajstić information content (AvgIpc) is 3.13. The van der Waals surface area contributed by atoms with E-state index in [0.717, 1.165) is 24.0 Å². The SMILES string of the molecule is CCOc1cc(-c2nn(C(C)C)c3cc(C=O)cnc23)c(F)cn1.CNC1(C)CS(=O)C1. The van der Waals surface area contributed by atoms with Gasteiger partial charge in [0.1, 0.15) is 11.2 Å². The smallest absolute Gasteiger partial charge is 0.214 e. The molecule has 1 aliphatic rings. The average molecular weight is 462 g/mol. The zero-order valence-electron chi connectivity index (χ0n) is 18.9. The van der Waals surface area contributed by atoms with Crippen LogP contribution in [0.5, 0.6) is 5.88 Å². The molecule has 172 valence electrons. The van der Waals surface area contributed by atoms with Gasteiger partial charge in [-0.05, 0) is 40.8 Å². The predicted octanol–water partition coefficient (Wildman–Crippen LogP) is 3.15. The zero-order valence-corrected chi connectivity index (χ0v) is 19.7. The van der Waals surface area contributed by atoms with Crippen molar-refractivity contribution in [3.63, 3.8) is 0 Å². The Balaban J connectivity index is 0.000000305. The van der Waals surface area contributed by atoms with E-state index in [1.54, 1.807) is 10.7 Å². The van der Waals surface area contributed by atoms with E-state index in [0.29, 0.717) is 34.8 Å². The number of nitrogens with one attached hydrogen (secondary N) is 1. The number of aromatic nitrogens is 4. The van der Waals surface area contributed by atoms with Crippen LogP contribution in [-0.2, 0) is 10.8 Å². The van der Waals surface area contributed by atoms with Crippen LogP contribution in [0.25, 0.3) is 22.3 Å². The highest BCUT2D eigenvalue weighted by Crippen LogP contribution is 2.31. The maximum atomic E-state index is 14.3. The topological polar surface area (TPSA) is 99.0 Å². The van der Waals surface area contributed by atoms with Crippen LogP contribution in [0, 0.1) is 5.82 Å². The lowest BCUT2D eigenvalue weighted by Crippen LogP contribution is -2.58. The third-order valence-electron chi connectivity index (χ3n) is 5.13. The van der Waals surface area contributed by atoms with E-state index in [1.807, 2.05) is 27.8 Å². The van der Waals surface area contributed by atoms with Gasteiger partial charge in [-0.1, -0.05) is 0 Å². The molecule has 3 aromatic rings. The standard InChI is InChI=1S/C17H17FN4O2.C5H11NOS/c1-4-24-15-6-12(13(18)8-19-15)16-17-14(22(21-16)10(2)3)5-11(9-23)7-20-17;1-5(6-2)3-8(7)4-5/h5-10H,4H2,1-3H3;6H,3-4H2,1-2H3. The maximum Gasteiger partial charge on any atom is 0.214 e. The van der Waals surface area contributed by atoms with Gasteiger partial charge in [-0.25, -0.2) is 9.37 Å². The van der Waals surface area contributed by atoms with Crippen LogP contribution < -0.4 is 10.1 Å². The van der Waals surface area contributed by atoms with Gasteiger partial charge in [0.25, 0.3) is 0 Å². The second kappa shape index (κ2) is 9.83. The number of carbonyl (C=O) groups is 1. The monoisotopic (exact) mass is 461 g/mol. The molecule has 4 rings (SSSR count). The molecule has 0 atom stereocenters. The van der Waals surface area contributed by atoms with E-state index >= 15 is 0 Å². The molecule has 0 amide bonds. The molecule has 0 aromatic carbocycles. The molecule has 3 aromatic heterocycles. The van der Waals surface area contributed by atoms with Crippen LogP contribution >= 0.6 is 0 Å². The van der Waals surface area contributed by atoms with Gasteiger partial charge in [0.05, 0.1) is 18.3 Å². The van der Waals surface area contributed by atoms with Crippen molar-refractivity contribution < 1.29 is 18.1 Å². The molecule has 0 radical (unpaired) electrons. The van der Waals surface area contributed by atoms with Gasteiger partial charge >= 0.3 is 0 Å². The molecule has 32 heavy (non-hydrogen) atoms. The number of carbonyl (C=O) groups excluding carboxylic acids is 1. The minimum absolute atomic E-state index is 0.0289. The molecule has 0 aliphatic carbocycles. The summed E-state index contributed by atoms with van der Waals surface area (Å²) in [6, 6.07) is 3.25. The van der Waals surface area contributed by atoms with Crippen LogP contribution in [-0.4, -0.2) is 60.9 Å². The van der Waals surface area contributed by atoms with E-state index < -0.39 is 16.6 Å². The Hall–Kier alpha value is -2.72. The molecule has 0 bridgehead atoms. The first-order valence-corrected chi connectivity index (χ1v) is 11.9. The van der Waals surface area contributed by atoms with E-state index in [1.165, 1.54) is 12.3 Å². The van der Waals surface area contributed by atoms with Gasteiger partial charge in [0.2, 0.25) is 5.88 Å². The maximum absolute atomic E-state index is 14.3. The summed E-state index contributed by atoms with van der Waals surface area (Å²) in [4.78, 5) is 19.2. The zero-order chi connectivity index (χ0) is 23.5. The fourth-order valence-corrected chi connectivity index (χ4v) is 4.94. The fourth-order valence-electron chi connectivity index (χ4n) is 3.31. The van der Waals surface area contributed by atoms with Crippen molar-refractivity contribution in [1.29, 1.82) is 0 Å². The second-order valence-electron chi connectivity index (χ2n) is 8.12. The normalized spacial score (nSPS) is 19.9. The molecule has 4 heterocycles. The molecule has 1 N–H and O–H groups in total. The lowest BCUT2D eigenvalue weighted by molar-refractivity contribution is 0.112. The van der Waals surface area contributed by atoms with Crippen molar-refractivity contribution in [2.75, 3.05) is 25.2 Å². The Bertz CT molecular complexity index is 1140. The van der Waals surface area contributed by atoms with Crippen molar-refractivity contribution in [3.8, 4) is 17.1 Å². The summed E-state index contributed by atoms with van der Waals surface area (Å²) in [6.45, 7) is 8.27. The molecule has 1 aliphatic heterocycles. The summed E-state index contributed by atoms with van der Waals surface area (Å²) in [6.07, 6.45) is 3.29. The Morgan fingerprint density at radius 2 is 2.03 bits per heavy atom.